The van der Waals surface area contributed by atoms with Crippen LogP contribution in [0.1, 0.15) is 31.9 Å². The summed E-state index contributed by atoms with van der Waals surface area (Å²) in [6.45, 7) is 6.16. The van der Waals surface area contributed by atoms with Crippen LogP contribution in [0.4, 0.5) is 0 Å². The molecule has 128 valence electrons. The zero-order chi connectivity index (χ0) is 17.9. The Labute approximate surface area is 152 Å². The van der Waals surface area contributed by atoms with Gasteiger partial charge in [0.1, 0.15) is 5.75 Å². The third-order valence-electron chi connectivity index (χ3n) is 3.68. The molecule has 0 amide bonds. The van der Waals surface area contributed by atoms with Crippen LogP contribution in [0.3, 0.4) is 0 Å². The van der Waals surface area contributed by atoms with Crippen LogP contribution in [0, 0.1) is 0 Å². The van der Waals surface area contributed by atoms with Crippen LogP contribution in [0.5, 0.6) is 5.75 Å². The quantitative estimate of drug-likeness (QED) is 0.773. The van der Waals surface area contributed by atoms with E-state index in [1.165, 1.54) is 0 Å². The Morgan fingerprint density at radius 3 is 2.42 bits per heavy atom. The zero-order valence-electron chi connectivity index (χ0n) is 13.8. The Hall–Kier alpha value is -1.71. The number of carboxylic acid groups (broad SMARTS) is 1. The summed E-state index contributed by atoms with van der Waals surface area (Å²) in [6.07, 6.45) is -0.919. The molecule has 0 saturated heterocycles. The lowest BCUT2D eigenvalue weighted by atomic mass is 9.86. The fourth-order valence-electron chi connectivity index (χ4n) is 2.43. The van der Waals surface area contributed by atoms with Gasteiger partial charge in [-0.05, 0) is 28.7 Å². The van der Waals surface area contributed by atoms with Crippen LogP contribution >= 0.6 is 23.2 Å². The van der Waals surface area contributed by atoms with Crippen molar-refractivity contribution in [3.63, 3.8) is 0 Å². The van der Waals surface area contributed by atoms with Gasteiger partial charge < -0.3 is 9.84 Å². The lowest BCUT2D eigenvalue weighted by Crippen LogP contribution is -2.30. The fourth-order valence-corrected chi connectivity index (χ4v) is 2.82. The third kappa shape index (κ3) is 4.43. The number of para-hydroxylation sites is 1. The Morgan fingerprint density at radius 2 is 1.79 bits per heavy atom. The molecule has 0 unspecified atom stereocenters. The highest BCUT2D eigenvalue weighted by Gasteiger charge is 2.25. The minimum atomic E-state index is -1.05. The number of rotatable bonds is 5. The van der Waals surface area contributed by atoms with E-state index in [-0.39, 0.29) is 11.8 Å². The number of hydrogen-bond acceptors (Lipinski definition) is 2. The van der Waals surface area contributed by atoms with E-state index >= 15 is 0 Å². The van der Waals surface area contributed by atoms with Gasteiger partial charge in [-0.3, -0.25) is 0 Å². The predicted molar refractivity (Wildman–Crippen MR) is 97.4 cm³/mol. The Balaban J connectivity index is 2.31. The van der Waals surface area contributed by atoms with Crippen LogP contribution in [0.25, 0.3) is 0 Å². The summed E-state index contributed by atoms with van der Waals surface area (Å²) in [6, 6.07) is 12.6. The van der Waals surface area contributed by atoms with Gasteiger partial charge in [0.05, 0.1) is 10.0 Å². The van der Waals surface area contributed by atoms with Crippen molar-refractivity contribution in [3.05, 3.63) is 63.6 Å². The highest BCUT2D eigenvalue weighted by Crippen LogP contribution is 2.32. The summed E-state index contributed by atoms with van der Waals surface area (Å²) in [5.74, 6) is -0.481. The molecule has 2 aromatic carbocycles. The summed E-state index contributed by atoms with van der Waals surface area (Å²) in [7, 11) is 0. The van der Waals surface area contributed by atoms with Crippen molar-refractivity contribution in [2.24, 2.45) is 0 Å². The number of hydrogen-bond donors (Lipinski definition) is 1. The summed E-state index contributed by atoms with van der Waals surface area (Å²) in [5.41, 5.74) is 1.44. The highest BCUT2D eigenvalue weighted by molar-refractivity contribution is 6.42. The molecule has 0 aromatic heterocycles. The van der Waals surface area contributed by atoms with E-state index < -0.39 is 12.1 Å². The fraction of sp³-hybridized carbons (Fsp3) is 0.316. The first-order valence-electron chi connectivity index (χ1n) is 7.62. The molecule has 0 bridgehead atoms. The molecule has 0 aliphatic heterocycles. The molecule has 0 aliphatic carbocycles. The molecule has 0 spiro atoms. The molecule has 0 saturated carbocycles. The highest BCUT2D eigenvalue weighted by atomic mass is 35.5. The van der Waals surface area contributed by atoms with Gasteiger partial charge in [0, 0.05) is 6.42 Å². The molecule has 1 N–H and O–H groups in total. The number of carbonyl (C=O) groups is 1. The number of ether oxygens (including phenoxy) is 1. The first-order valence-corrected chi connectivity index (χ1v) is 8.37. The monoisotopic (exact) mass is 366 g/mol. The van der Waals surface area contributed by atoms with Crippen LogP contribution in [-0.4, -0.2) is 17.2 Å². The molecule has 24 heavy (non-hydrogen) atoms. The van der Waals surface area contributed by atoms with Gasteiger partial charge >= 0.3 is 5.97 Å². The van der Waals surface area contributed by atoms with Gasteiger partial charge in [-0.2, -0.15) is 0 Å². The van der Waals surface area contributed by atoms with Crippen LogP contribution < -0.4 is 4.74 Å². The number of benzene rings is 2. The normalized spacial score (nSPS) is 12.7. The van der Waals surface area contributed by atoms with Gasteiger partial charge in [0.15, 0.2) is 6.10 Å². The molecule has 2 rings (SSSR count). The van der Waals surface area contributed by atoms with E-state index in [0.717, 1.165) is 5.56 Å². The van der Waals surface area contributed by atoms with Gasteiger partial charge in [0.25, 0.3) is 0 Å². The second kappa shape index (κ2) is 7.45. The van der Waals surface area contributed by atoms with E-state index in [1.807, 2.05) is 18.2 Å². The SMILES string of the molecule is CC(C)(C)c1ccccc1O[C@H](Cc1cccc(Cl)c1Cl)C(=O)O. The van der Waals surface area contributed by atoms with Gasteiger partial charge in [-0.15, -0.1) is 0 Å². The predicted octanol–water partition coefficient (Wildman–Crippen LogP) is 5.37. The summed E-state index contributed by atoms with van der Waals surface area (Å²) >= 11 is 12.2. The average Bonchev–Trinajstić information content (AvgIpc) is 2.50. The molecular formula is C19H20Cl2O3. The molecule has 0 heterocycles. The van der Waals surface area contributed by atoms with Gasteiger partial charge in [-0.25, -0.2) is 4.79 Å². The first kappa shape index (κ1) is 18.6. The molecule has 0 radical (unpaired) electrons. The smallest absolute Gasteiger partial charge is 0.345 e. The summed E-state index contributed by atoms with van der Waals surface area (Å²) in [5, 5.41) is 10.3. The molecule has 3 nitrogen and oxygen atoms in total. The van der Waals surface area contributed by atoms with Crippen molar-refractivity contribution < 1.29 is 14.6 Å². The Bertz CT molecular complexity index is 736. The molecule has 5 heteroatoms. The maximum Gasteiger partial charge on any atom is 0.345 e. The van der Waals surface area contributed by atoms with Crippen molar-refractivity contribution in [2.45, 2.75) is 38.7 Å². The van der Waals surface area contributed by atoms with Gasteiger partial charge in [0.2, 0.25) is 0 Å². The van der Waals surface area contributed by atoms with Crippen molar-refractivity contribution in [1.82, 2.24) is 0 Å². The summed E-state index contributed by atoms with van der Waals surface area (Å²) in [4.78, 5) is 11.7. The lowest BCUT2D eigenvalue weighted by molar-refractivity contribution is -0.145. The van der Waals surface area contributed by atoms with E-state index in [9.17, 15) is 9.90 Å². The number of carboxylic acids is 1. The first-order chi connectivity index (χ1) is 11.2. The number of halogens is 2. The second-order valence-corrected chi connectivity index (χ2v) is 7.39. The standard InChI is InChI=1S/C19H20Cl2O3/c1-19(2,3)13-8-4-5-10-15(13)24-16(18(22)23)11-12-7-6-9-14(20)17(12)21/h4-10,16H,11H2,1-3H3,(H,22,23)/t16-/m1/s1. The topological polar surface area (TPSA) is 46.5 Å². The Morgan fingerprint density at radius 1 is 1.12 bits per heavy atom. The maximum absolute atomic E-state index is 11.7. The van der Waals surface area contributed by atoms with E-state index in [0.29, 0.717) is 21.4 Å². The van der Waals surface area contributed by atoms with Crippen LogP contribution in [0.15, 0.2) is 42.5 Å². The molecule has 0 aliphatic rings. The molecule has 0 fully saturated rings. The molecule has 1 atom stereocenters. The largest absolute Gasteiger partial charge is 0.478 e. The second-order valence-electron chi connectivity index (χ2n) is 6.61. The number of aliphatic carboxylic acids is 1. The minimum Gasteiger partial charge on any atom is -0.478 e. The van der Waals surface area contributed by atoms with Gasteiger partial charge in [-0.1, -0.05) is 74.3 Å². The summed E-state index contributed by atoms with van der Waals surface area (Å²) < 4.78 is 5.83. The average molecular weight is 367 g/mol. The molecule has 2 aromatic rings. The van der Waals surface area contributed by atoms with E-state index in [2.05, 4.69) is 20.8 Å². The van der Waals surface area contributed by atoms with Crippen molar-refractivity contribution in [1.29, 1.82) is 0 Å². The third-order valence-corrected chi connectivity index (χ3v) is 4.53. The van der Waals surface area contributed by atoms with Crippen molar-refractivity contribution >= 4 is 29.2 Å². The van der Waals surface area contributed by atoms with E-state index in [4.69, 9.17) is 27.9 Å². The Kier molecular flexibility index (Phi) is 5.79. The van der Waals surface area contributed by atoms with Crippen molar-refractivity contribution in [3.8, 4) is 5.75 Å². The van der Waals surface area contributed by atoms with Crippen molar-refractivity contribution in [2.75, 3.05) is 0 Å². The maximum atomic E-state index is 11.7. The molecular weight excluding hydrogens is 347 g/mol. The zero-order valence-corrected chi connectivity index (χ0v) is 15.4. The van der Waals surface area contributed by atoms with Crippen LogP contribution in [-0.2, 0) is 16.6 Å². The lowest BCUT2D eigenvalue weighted by Gasteiger charge is -2.25. The minimum absolute atomic E-state index is 0.132. The van der Waals surface area contributed by atoms with E-state index in [1.54, 1.807) is 24.3 Å². The van der Waals surface area contributed by atoms with Crippen LogP contribution in [0.2, 0.25) is 10.0 Å².